The van der Waals surface area contributed by atoms with Crippen molar-refractivity contribution in [3.05, 3.63) is 12.2 Å². The Morgan fingerprint density at radius 1 is 1.31 bits per heavy atom. The quantitative estimate of drug-likeness (QED) is 0.469. The van der Waals surface area contributed by atoms with Crippen molar-refractivity contribution in [1.29, 1.82) is 0 Å². The maximum absolute atomic E-state index is 9.22. The highest BCUT2D eigenvalue weighted by molar-refractivity contribution is 4.84. The first kappa shape index (κ1) is 12.7. The average molecular weight is 185 g/mol. The molecule has 0 heterocycles. The van der Waals surface area contributed by atoms with Crippen LogP contribution >= 0.6 is 0 Å². The molecule has 0 saturated heterocycles. The van der Waals surface area contributed by atoms with Crippen LogP contribution in [0.25, 0.3) is 0 Å². The SMILES string of the molecule is CNCCCC=CCC(C)C(C)O. The van der Waals surface area contributed by atoms with Crippen LogP contribution in [0.2, 0.25) is 0 Å². The van der Waals surface area contributed by atoms with E-state index in [9.17, 15) is 5.11 Å². The summed E-state index contributed by atoms with van der Waals surface area (Å²) >= 11 is 0. The lowest BCUT2D eigenvalue weighted by Crippen LogP contribution is -2.11. The molecule has 2 nitrogen and oxygen atoms in total. The van der Waals surface area contributed by atoms with Crippen LogP contribution in [0.5, 0.6) is 0 Å². The van der Waals surface area contributed by atoms with E-state index in [-0.39, 0.29) is 6.10 Å². The highest BCUT2D eigenvalue weighted by Crippen LogP contribution is 2.08. The van der Waals surface area contributed by atoms with Gasteiger partial charge >= 0.3 is 0 Å². The lowest BCUT2D eigenvalue weighted by molar-refractivity contribution is 0.136. The largest absolute Gasteiger partial charge is 0.393 e. The van der Waals surface area contributed by atoms with E-state index >= 15 is 0 Å². The fourth-order valence-electron chi connectivity index (χ4n) is 1.02. The van der Waals surface area contributed by atoms with Crippen molar-refractivity contribution in [2.24, 2.45) is 5.92 Å². The minimum absolute atomic E-state index is 0.193. The molecule has 0 rings (SSSR count). The van der Waals surface area contributed by atoms with Crippen molar-refractivity contribution in [3.8, 4) is 0 Å². The van der Waals surface area contributed by atoms with E-state index in [1.54, 1.807) is 0 Å². The topological polar surface area (TPSA) is 32.3 Å². The maximum Gasteiger partial charge on any atom is 0.0540 e. The van der Waals surface area contributed by atoms with Crippen LogP contribution in [0.4, 0.5) is 0 Å². The van der Waals surface area contributed by atoms with Gasteiger partial charge in [0.1, 0.15) is 0 Å². The maximum atomic E-state index is 9.22. The highest BCUT2D eigenvalue weighted by Gasteiger charge is 2.04. The second kappa shape index (κ2) is 8.27. The smallest absolute Gasteiger partial charge is 0.0540 e. The van der Waals surface area contributed by atoms with Crippen LogP contribution in [-0.4, -0.2) is 24.8 Å². The molecule has 13 heavy (non-hydrogen) atoms. The molecule has 0 aromatic rings. The van der Waals surface area contributed by atoms with Crippen LogP contribution in [0.1, 0.15) is 33.1 Å². The van der Waals surface area contributed by atoms with Crippen LogP contribution < -0.4 is 5.32 Å². The van der Waals surface area contributed by atoms with Crippen molar-refractivity contribution >= 4 is 0 Å². The number of hydrogen-bond donors (Lipinski definition) is 2. The molecule has 2 atom stereocenters. The standard InChI is InChI=1S/C11H23NO/c1-10(11(2)13)8-6-4-5-7-9-12-3/h4,6,10-13H,5,7-9H2,1-3H3. The predicted octanol–water partition coefficient (Wildman–Crippen LogP) is 1.95. The number of aliphatic hydroxyl groups is 1. The minimum Gasteiger partial charge on any atom is -0.393 e. The third-order valence-corrected chi connectivity index (χ3v) is 2.30. The van der Waals surface area contributed by atoms with E-state index in [4.69, 9.17) is 0 Å². The second-order valence-corrected chi connectivity index (χ2v) is 3.67. The molecule has 0 radical (unpaired) electrons. The molecule has 0 aliphatic carbocycles. The Kier molecular flexibility index (Phi) is 8.05. The van der Waals surface area contributed by atoms with Gasteiger partial charge in [0.2, 0.25) is 0 Å². The van der Waals surface area contributed by atoms with Crippen molar-refractivity contribution in [3.63, 3.8) is 0 Å². The first-order valence-corrected chi connectivity index (χ1v) is 5.16. The molecule has 0 aliphatic heterocycles. The van der Waals surface area contributed by atoms with Crippen LogP contribution in [0.15, 0.2) is 12.2 Å². The average Bonchev–Trinajstić information content (AvgIpc) is 2.10. The second-order valence-electron chi connectivity index (χ2n) is 3.67. The van der Waals surface area contributed by atoms with E-state index in [0.717, 1.165) is 19.4 Å². The summed E-state index contributed by atoms with van der Waals surface area (Å²) in [7, 11) is 1.97. The fraction of sp³-hybridized carbons (Fsp3) is 0.818. The molecular weight excluding hydrogens is 162 g/mol. The molecule has 2 N–H and O–H groups in total. The van der Waals surface area contributed by atoms with Gasteiger partial charge in [-0.1, -0.05) is 19.1 Å². The monoisotopic (exact) mass is 185 g/mol. The van der Waals surface area contributed by atoms with Crippen molar-refractivity contribution < 1.29 is 5.11 Å². The summed E-state index contributed by atoms with van der Waals surface area (Å²) in [5.41, 5.74) is 0. The Morgan fingerprint density at radius 2 is 2.00 bits per heavy atom. The fourth-order valence-corrected chi connectivity index (χ4v) is 1.02. The molecule has 0 saturated carbocycles. The third kappa shape index (κ3) is 8.00. The lowest BCUT2D eigenvalue weighted by atomic mass is 10.0. The zero-order valence-electron chi connectivity index (χ0n) is 9.09. The van der Waals surface area contributed by atoms with Gasteiger partial charge in [0, 0.05) is 0 Å². The number of rotatable bonds is 7. The molecule has 78 valence electrons. The summed E-state index contributed by atoms with van der Waals surface area (Å²) in [5, 5.41) is 12.3. The molecular formula is C11H23NO. The summed E-state index contributed by atoms with van der Waals surface area (Å²) in [5.74, 6) is 0.376. The Balaban J connectivity index is 3.30. The van der Waals surface area contributed by atoms with Crippen molar-refractivity contribution in [2.75, 3.05) is 13.6 Å². The summed E-state index contributed by atoms with van der Waals surface area (Å²) in [4.78, 5) is 0. The van der Waals surface area contributed by atoms with Crippen LogP contribution in [0, 0.1) is 5.92 Å². The molecule has 0 fully saturated rings. The van der Waals surface area contributed by atoms with E-state index < -0.39 is 0 Å². The van der Waals surface area contributed by atoms with E-state index in [1.807, 2.05) is 14.0 Å². The van der Waals surface area contributed by atoms with Gasteiger partial charge in [-0.3, -0.25) is 0 Å². The van der Waals surface area contributed by atoms with E-state index in [0.29, 0.717) is 5.92 Å². The van der Waals surface area contributed by atoms with Gasteiger partial charge in [0.25, 0.3) is 0 Å². The number of aliphatic hydroxyl groups excluding tert-OH is 1. The van der Waals surface area contributed by atoms with Gasteiger partial charge in [0.15, 0.2) is 0 Å². The van der Waals surface area contributed by atoms with Gasteiger partial charge in [0.05, 0.1) is 6.10 Å². The Hall–Kier alpha value is -0.340. The zero-order chi connectivity index (χ0) is 10.1. The Morgan fingerprint density at radius 3 is 2.54 bits per heavy atom. The summed E-state index contributed by atoms with van der Waals surface area (Å²) in [6, 6.07) is 0. The van der Waals surface area contributed by atoms with Crippen molar-refractivity contribution in [2.45, 2.75) is 39.2 Å². The Labute approximate surface area is 82.0 Å². The van der Waals surface area contributed by atoms with Crippen molar-refractivity contribution in [1.82, 2.24) is 5.32 Å². The summed E-state index contributed by atoms with van der Waals surface area (Å²) in [6.07, 6.45) is 7.49. The van der Waals surface area contributed by atoms with Gasteiger partial charge in [-0.2, -0.15) is 0 Å². The molecule has 0 spiro atoms. The van der Waals surface area contributed by atoms with Gasteiger partial charge in [-0.25, -0.2) is 0 Å². The molecule has 0 bridgehead atoms. The molecule has 0 aliphatic rings. The molecule has 0 amide bonds. The summed E-state index contributed by atoms with van der Waals surface area (Å²) < 4.78 is 0. The van der Waals surface area contributed by atoms with E-state index in [2.05, 4.69) is 24.4 Å². The Bertz CT molecular complexity index is 132. The highest BCUT2D eigenvalue weighted by atomic mass is 16.3. The first-order chi connectivity index (χ1) is 6.18. The molecule has 2 heteroatoms. The lowest BCUT2D eigenvalue weighted by Gasteiger charge is -2.10. The molecule has 0 aromatic carbocycles. The number of hydrogen-bond acceptors (Lipinski definition) is 2. The normalized spacial score (nSPS) is 16.3. The van der Waals surface area contributed by atoms with Gasteiger partial charge in [-0.15, -0.1) is 0 Å². The third-order valence-electron chi connectivity index (χ3n) is 2.30. The van der Waals surface area contributed by atoms with Gasteiger partial charge in [-0.05, 0) is 45.7 Å². The number of nitrogens with one attached hydrogen (secondary N) is 1. The predicted molar refractivity (Wildman–Crippen MR) is 57.8 cm³/mol. The first-order valence-electron chi connectivity index (χ1n) is 5.16. The van der Waals surface area contributed by atoms with Crippen LogP contribution in [-0.2, 0) is 0 Å². The van der Waals surface area contributed by atoms with Crippen LogP contribution in [0.3, 0.4) is 0 Å². The molecule has 0 aromatic heterocycles. The van der Waals surface area contributed by atoms with Gasteiger partial charge < -0.3 is 10.4 Å². The van der Waals surface area contributed by atoms with E-state index in [1.165, 1.54) is 6.42 Å². The number of unbranched alkanes of at least 4 members (excludes halogenated alkanes) is 1. The zero-order valence-corrected chi connectivity index (χ0v) is 9.09. The summed E-state index contributed by atoms with van der Waals surface area (Å²) in [6.45, 7) is 5.00. The molecule has 2 unspecified atom stereocenters. The number of allylic oxidation sites excluding steroid dienone is 2. The minimum atomic E-state index is -0.193.